The third kappa shape index (κ3) is 13.4. The Morgan fingerprint density at radius 3 is 1.92 bits per heavy atom. The largest absolute Gasteiger partial charge is 0.507 e. The van der Waals surface area contributed by atoms with E-state index in [1.165, 1.54) is 6.07 Å². The number of aliphatic hydroxyl groups excluding tert-OH is 2. The van der Waals surface area contributed by atoms with Crippen molar-refractivity contribution in [1.29, 1.82) is 0 Å². The van der Waals surface area contributed by atoms with E-state index in [-0.39, 0.29) is 42.4 Å². The second-order valence-electron chi connectivity index (χ2n) is 16.2. The molecule has 10 nitrogen and oxygen atoms in total. The quantitative estimate of drug-likeness (QED) is 0.0349. The van der Waals surface area contributed by atoms with Crippen molar-refractivity contribution in [3.8, 4) is 40.2 Å². The molecule has 5 aromatic rings. The van der Waals surface area contributed by atoms with E-state index in [2.05, 4.69) is 25.7 Å². The molecule has 0 aromatic heterocycles. The molecule has 1 saturated heterocycles. The Bertz CT molecular complexity index is 2250. The first-order valence-corrected chi connectivity index (χ1v) is 22.6. The summed E-state index contributed by atoms with van der Waals surface area (Å²) in [6.45, 7) is 4.19. The lowest BCUT2D eigenvalue weighted by molar-refractivity contribution is -0.147. The number of rotatable bonds is 24. The fourth-order valence-corrected chi connectivity index (χ4v) is 7.87. The molecule has 5 aromatic carbocycles. The first-order valence-electron chi connectivity index (χ1n) is 22.6. The van der Waals surface area contributed by atoms with Crippen LogP contribution in [0.3, 0.4) is 0 Å². The van der Waals surface area contributed by atoms with Crippen LogP contribution in [0.1, 0.15) is 110 Å². The molecule has 1 fully saturated rings. The fourth-order valence-electron chi connectivity index (χ4n) is 7.87. The molecule has 4 N–H and O–H groups in total. The Hall–Kier alpha value is -5.67. The molecule has 0 bridgehead atoms. The molecule has 338 valence electrons. The van der Waals surface area contributed by atoms with Gasteiger partial charge in [0.05, 0.1) is 19.8 Å². The van der Waals surface area contributed by atoms with E-state index in [4.69, 9.17) is 23.7 Å². The van der Waals surface area contributed by atoms with E-state index in [1.54, 1.807) is 18.2 Å². The monoisotopic (exact) mass is 870 g/mol. The Morgan fingerprint density at radius 1 is 0.719 bits per heavy atom. The number of aliphatic hydroxyl groups is 2. The summed E-state index contributed by atoms with van der Waals surface area (Å²) in [5.74, 6) is 5.51. The van der Waals surface area contributed by atoms with Crippen LogP contribution in [-0.2, 0) is 40.5 Å². The van der Waals surface area contributed by atoms with Crippen LogP contribution in [0.25, 0.3) is 11.1 Å². The normalized spacial score (nSPS) is 17.4. The maximum Gasteiger partial charge on any atom is 0.340 e. The van der Waals surface area contributed by atoms with Crippen molar-refractivity contribution in [1.82, 2.24) is 0 Å². The molecule has 0 aliphatic carbocycles. The average molecular weight is 871 g/mol. The lowest BCUT2D eigenvalue weighted by Crippen LogP contribution is -2.43. The lowest BCUT2D eigenvalue weighted by Gasteiger charge is -2.27. The van der Waals surface area contributed by atoms with Gasteiger partial charge in [0, 0.05) is 29.2 Å². The highest BCUT2D eigenvalue weighted by Crippen LogP contribution is 2.44. The van der Waals surface area contributed by atoms with Gasteiger partial charge in [-0.1, -0.05) is 155 Å². The zero-order valence-electron chi connectivity index (χ0n) is 37.0. The number of carbonyl (C=O) groups is 1. The molecule has 10 heteroatoms. The average Bonchev–Trinajstić information content (AvgIpc) is 3.65. The van der Waals surface area contributed by atoms with E-state index in [0.717, 1.165) is 73.6 Å². The van der Waals surface area contributed by atoms with Gasteiger partial charge >= 0.3 is 5.97 Å². The Morgan fingerprint density at radius 2 is 1.31 bits per heavy atom. The molecule has 0 saturated carbocycles. The highest BCUT2D eigenvalue weighted by Gasteiger charge is 2.51. The molecule has 6 rings (SSSR count). The molecule has 0 spiro atoms. The number of aromatic hydroxyl groups is 1. The third-order valence-electron chi connectivity index (χ3n) is 11.3. The topological polar surface area (TPSA) is 144 Å². The van der Waals surface area contributed by atoms with Crippen LogP contribution in [0.5, 0.6) is 17.2 Å². The minimum atomic E-state index is -1.37. The number of aryl methyl sites for hydroxylation is 1. The van der Waals surface area contributed by atoms with Crippen molar-refractivity contribution in [2.24, 2.45) is 0 Å². The maximum atomic E-state index is 13.2. The molecule has 0 radical (unpaired) electrons. The third-order valence-corrected chi connectivity index (χ3v) is 11.3. The van der Waals surface area contributed by atoms with E-state index >= 15 is 0 Å². The van der Waals surface area contributed by atoms with Crippen LogP contribution < -0.4 is 9.47 Å². The summed E-state index contributed by atoms with van der Waals surface area (Å²) in [6.07, 6.45) is 3.71. The van der Waals surface area contributed by atoms with Gasteiger partial charge in [-0.3, -0.25) is 0 Å². The van der Waals surface area contributed by atoms with Crippen LogP contribution in [0.2, 0.25) is 0 Å². The number of unbranched alkanes of at least 4 members (excludes halogenated alkanes) is 7. The van der Waals surface area contributed by atoms with Gasteiger partial charge in [0.2, 0.25) is 6.29 Å². The number of ether oxygens (including phenoxy) is 5. The van der Waals surface area contributed by atoms with Gasteiger partial charge in [-0.2, -0.15) is 0 Å². The predicted octanol–water partition coefficient (Wildman–Crippen LogP) is 10.4. The Labute approximate surface area is 377 Å². The predicted molar refractivity (Wildman–Crippen MR) is 247 cm³/mol. The van der Waals surface area contributed by atoms with Gasteiger partial charge in [-0.15, -0.1) is 0 Å². The number of hydrogen-bond donors (Lipinski definition) is 4. The molecule has 1 aliphatic heterocycles. The van der Waals surface area contributed by atoms with Crippen molar-refractivity contribution in [2.75, 3.05) is 6.61 Å². The molecule has 64 heavy (non-hydrogen) atoms. The highest BCUT2D eigenvalue weighted by atomic mass is 16.7. The standard InChI is InChI=1S/C54H62O10/c1-3-5-7-9-14-28-41-30-44(49(53(58)59)45(56)31-41)48-42(29-21-10-8-6-4-2)32-43(60-35-38-22-15-11-16-23-38)33-47(48)63-54-52(62-37-40-26-19-13-20-27-40)51(50(64-54)46(57)34-55)61-36-39-24-17-12-18-25-39/h11-13,15-20,22-27,30-33,46,50-52,54-57H,3-10,14,28,34-37H2,1-2H3,(H,58,59)/t46-,50+,51+,52-,54?/m0/s1. The first-order chi connectivity index (χ1) is 31.3. The van der Waals surface area contributed by atoms with Gasteiger partial charge in [-0.05, 0) is 59.7 Å². The lowest BCUT2D eigenvalue weighted by atomic mass is 9.90. The van der Waals surface area contributed by atoms with Crippen molar-refractivity contribution < 1.29 is 48.9 Å². The summed E-state index contributed by atoms with van der Waals surface area (Å²) in [7, 11) is 0. The second kappa shape index (κ2) is 25.0. The number of aromatic carboxylic acids is 1. The smallest absolute Gasteiger partial charge is 0.340 e. The number of benzene rings is 5. The van der Waals surface area contributed by atoms with Crippen LogP contribution in [0.4, 0.5) is 0 Å². The van der Waals surface area contributed by atoms with Gasteiger partial charge < -0.3 is 44.1 Å². The molecule has 1 aliphatic rings. The van der Waals surface area contributed by atoms with Crippen molar-refractivity contribution in [3.05, 3.63) is 149 Å². The minimum absolute atomic E-state index is 0.140. The van der Waals surface area contributed by atoms with Gasteiger partial charge in [-0.25, -0.2) is 4.79 Å². The SMILES string of the molecule is CCCCCC#Cc1cc(OCc2ccccc2)cc(OC2O[C@H]([C@@H](O)CO)[C@@H](OCc3ccccc3)[C@@H]2OCc2ccccc2)c1-c1cc(CCCCCCC)cc(O)c1C(=O)O. The number of carboxylic acids is 1. The molecular formula is C54H62O10. The van der Waals surface area contributed by atoms with E-state index in [9.17, 15) is 25.2 Å². The van der Waals surface area contributed by atoms with E-state index in [0.29, 0.717) is 29.7 Å². The van der Waals surface area contributed by atoms with Crippen molar-refractivity contribution in [3.63, 3.8) is 0 Å². The zero-order valence-corrected chi connectivity index (χ0v) is 37.0. The maximum absolute atomic E-state index is 13.2. The zero-order chi connectivity index (χ0) is 45.1. The van der Waals surface area contributed by atoms with Crippen LogP contribution in [0, 0.1) is 11.8 Å². The Balaban J connectivity index is 1.50. The van der Waals surface area contributed by atoms with Crippen LogP contribution in [0.15, 0.2) is 115 Å². The Kier molecular flexibility index (Phi) is 18.7. The summed E-state index contributed by atoms with van der Waals surface area (Å²) in [5, 5.41) is 43.8. The molecule has 1 heterocycles. The first kappa shape index (κ1) is 47.8. The summed E-state index contributed by atoms with van der Waals surface area (Å²) in [4.78, 5) is 13.2. The van der Waals surface area contributed by atoms with Crippen LogP contribution >= 0.6 is 0 Å². The summed E-state index contributed by atoms with van der Waals surface area (Å²) in [6, 6.07) is 35.7. The van der Waals surface area contributed by atoms with Crippen molar-refractivity contribution >= 4 is 5.97 Å². The van der Waals surface area contributed by atoms with Crippen LogP contribution in [-0.4, -0.2) is 63.7 Å². The fraction of sp³-hybridized carbons (Fsp3) is 0.389. The van der Waals surface area contributed by atoms with Gasteiger partial charge in [0.15, 0.2) is 0 Å². The second-order valence-corrected chi connectivity index (χ2v) is 16.2. The highest BCUT2D eigenvalue weighted by molar-refractivity contribution is 6.01. The minimum Gasteiger partial charge on any atom is -0.507 e. The summed E-state index contributed by atoms with van der Waals surface area (Å²) >= 11 is 0. The number of carboxylic acid groups (broad SMARTS) is 1. The van der Waals surface area contributed by atoms with Gasteiger partial charge in [0.25, 0.3) is 0 Å². The molecular weight excluding hydrogens is 809 g/mol. The molecule has 1 unspecified atom stereocenters. The van der Waals surface area contributed by atoms with Crippen molar-refractivity contribution in [2.45, 2.75) is 129 Å². The van der Waals surface area contributed by atoms with E-state index in [1.807, 2.05) is 91.0 Å². The number of hydrogen-bond acceptors (Lipinski definition) is 9. The summed E-state index contributed by atoms with van der Waals surface area (Å²) < 4.78 is 33.0. The van der Waals surface area contributed by atoms with Gasteiger partial charge in [0.1, 0.15) is 53.8 Å². The molecule has 0 amide bonds. The molecule has 5 atom stereocenters. The number of phenols is 1. The summed E-state index contributed by atoms with van der Waals surface area (Å²) in [5.41, 5.74) is 4.14. The van der Waals surface area contributed by atoms with E-state index < -0.39 is 43.3 Å².